The number of anilines is 2. The van der Waals surface area contributed by atoms with Gasteiger partial charge in [-0.25, -0.2) is 19.3 Å². The van der Waals surface area contributed by atoms with Crippen LogP contribution >= 0.6 is 0 Å². The minimum Gasteiger partial charge on any atom is -0.374 e. The molecule has 0 radical (unpaired) electrons. The van der Waals surface area contributed by atoms with Crippen LogP contribution in [0.5, 0.6) is 0 Å². The second-order valence-electron chi connectivity index (χ2n) is 9.99. The Bertz CT molecular complexity index is 1650. The maximum Gasteiger partial charge on any atom is 0.248 e. The van der Waals surface area contributed by atoms with E-state index < -0.39 is 0 Å². The van der Waals surface area contributed by atoms with Crippen molar-refractivity contribution >= 4 is 28.6 Å². The van der Waals surface area contributed by atoms with E-state index in [0.29, 0.717) is 41.6 Å². The molecule has 0 saturated carbocycles. The number of rotatable bonds is 12. The van der Waals surface area contributed by atoms with E-state index >= 15 is 0 Å². The highest BCUT2D eigenvalue weighted by molar-refractivity contribution is 5.99. The normalized spacial score (nSPS) is 12.2. The second kappa shape index (κ2) is 13.6. The van der Waals surface area contributed by atoms with Crippen LogP contribution in [0, 0.1) is 5.82 Å². The Hall–Kier alpha value is -4.93. The third kappa shape index (κ3) is 7.62. The van der Waals surface area contributed by atoms with Gasteiger partial charge in [-0.05, 0) is 61.6 Å². The van der Waals surface area contributed by atoms with Gasteiger partial charge in [0, 0.05) is 23.9 Å². The monoisotopic (exact) mass is 565 g/mol. The molecule has 0 fully saturated rings. The van der Waals surface area contributed by atoms with E-state index in [2.05, 4.69) is 30.6 Å². The number of imidazole rings is 1. The van der Waals surface area contributed by atoms with Gasteiger partial charge in [0.05, 0.1) is 19.3 Å². The van der Waals surface area contributed by atoms with Gasteiger partial charge in [-0.3, -0.25) is 4.79 Å². The first kappa shape index (κ1) is 28.6. The van der Waals surface area contributed by atoms with Crippen molar-refractivity contribution in [2.24, 2.45) is 0 Å². The number of amides is 1. The molecular formula is C32H32FN7O2. The van der Waals surface area contributed by atoms with E-state index in [1.165, 1.54) is 24.5 Å². The van der Waals surface area contributed by atoms with Crippen molar-refractivity contribution in [1.29, 1.82) is 0 Å². The molecule has 0 aliphatic carbocycles. The zero-order valence-electron chi connectivity index (χ0n) is 23.4. The lowest BCUT2D eigenvalue weighted by Crippen LogP contribution is -2.18. The molecule has 3 N–H and O–H groups in total. The maximum absolute atomic E-state index is 13.6. The highest BCUT2D eigenvalue weighted by Crippen LogP contribution is 2.27. The van der Waals surface area contributed by atoms with Crippen LogP contribution in [0.4, 0.5) is 15.9 Å². The van der Waals surface area contributed by atoms with E-state index in [0.717, 1.165) is 16.7 Å². The van der Waals surface area contributed by atoms with Gasteiger partial charge in [0.25, 0.3) is 0 Å². The summed E-state index contributed by atoms with van der Waals surface area (Å²) in [6.45, 7) is 1.29. The Morgan fingerprint density at radius 1 is 1.05 bits per heavy atom. The zero-order valence-corrected chi connectivity index (χ0v) is 23.4. The predicted octanol–water partition coefficient (Wildman–Crippen LogP) is 5.59. The van der Waals surface area contributed by atoms with Gasteiger partial charge in [0.2, 0.25) is 5.91 Å². The lowest BCUT2D eigenvalue weighted by atomic mass is 10.1. The molecule has 9 nitrogen and oxygen atoms in total. The smallest absolute Gasteiger partial charge is 0.248 e. The Labute approximate surface area is 243 Å². The summed E-state index contributed by atoms with van der Waals surface area (Å²) in [4.78, 5) is 31.0. The summed E-state index contributed by atoms with van der Waals surface area (Å²) in [5.74, 6) is 0.720. The van der Waals surface area contributed by atoms with E-state index in [1.807, 2.05) is 85.7 Å². The number of hydrogen-bond donors (Lipinski definition) is 3. The van der Waals surface area contributed by atoms with E-state index in [1.54, 1.807) is 6.07 Å². The number of hydrogen-bond acceptors (Lipinski definition) is 7. The molecule has 3 aromatic carbocycles. The SMILES string of the molecule is CN(C)CC=CC(=O)Nc1ccc(-c2nc3ncnc(N[C@H](COCc4cccc(F)c4)c4ccccc4)c3[nH]2)cc1. The van der Waals surface area contributed by atoms with Crippen LogP contribution < -0.4 is 10.6 Å². The van der Waals surface area contributed by atoms with Crippen LogP contribution in [-0.2, 0) is 16.1 Å². The molecule has 0 bridgehead atoms. The van der Waals surface area contributed by atoms with Crippen LogP contribution in [0.2, 0.25) is 0 Å². The van der Waals surface area contributed by atoms with Crippen LogP contribution in [0.15, 0.2) is 97.3 Å². The highest BCUT2D eigenvalue weighted by atomic mass is 19.1. The van der Waals surface area contributed by atoms with E-state index in [9.17, 15) is 9.18 Å². The second-order valence-corrected chi connectivity index (χ2v) is 9.99. The summed E-state index contributed by atoms with van der Waals surface area (Å²) in [7, 11) is 3.88. The Balaban J connectivity index is 1.31. The first-order valence-electron chi connectivity index (χ1n) is 13.5. The minimum atomic E-state index is -0.292. The number of halogens is 1. The van der Waals surface area contributed by atoms with E-state index in [-0.39, 0.29) is 24.4 Å². The predicted molar refractivity (Wildman–Crippen MR) is 162 cm³/mol. The lowest BCUT2D eigenvalue weighted by Gasteiger charge is -2.20. The maximum atomic E-state index is 13.6. The van der Waals surface area contributed by atoms with Gasteiger partial charge in [0.15, 0.2) is 11.5 Å². The molecule has 1 amide bonds. The van der Waals surface area contributed by atoms with Crippen LogP contribution in [0.25, 0.3) is 22.6 Å². The van der Waals surface area contributed by atoms with Gasteiger partial charge in [-0.15, -0.1) is 0 Å². The lowest BCUT2D eigenvalue weighted by molar-refractivity contribution is -0.111. The molecule has 214 valence electrons. The number of nitrogens with one attached hydrogen (secondary N) is 3. The fraction of sp³-hybridized carbons (Fsp3) is 0.188. The van der Waals surface area contributed by atoms with Gasteiger partial charge in [-0.1, -0.05) is 48.5 Å². The molecular weight excluding hydrogens is 533 g/mol. The van der Waals surface area contributed by atoms with Gasteiger partial charge >= 0.3 is 0 Å². The molecule has 2 heterocycles. The van der Waals surface area contributed by atoms with Crippen LogP contribution in [0.1, 0.15) is 17.2 Å². The largest absolute Gasteiger partial charge is 0.374 e. The number of carbonyl (C=O) groups excluding carboxylic acids is 1. The summed E-state index contributed by atoms with van der Waals surface area (Å²) < 4.78 is 19.6. The fourth-order valence-electron chi connectivity index (χ4n) is 4.33. The van der Waals surface area contributed by atoms with Gasteiger partial charge in [-0.2, -0.15) is 0 Å². The Kier molecular flexibility index (Phi) is 9.27. The molecule has 0 aliphatic heterocycles. The topological polar surface area (TPSA) is 108 Å². The number of aromatic nitrogens is 4. The summed E-state index contributed by atoms with van der Waals surface area (Å²) in [5, 5.41) is 6.34. The molecule has 0 aliphatic rings. The molecule has 5 aromatic rings. The minimum absolute atomic E-state index is 0.188. The molecule has 0 unspecified atom stereocenters. The molecule has 10 heteroatoms. The molecule has 0 spiro atoms. The van der Waals surface area contributed by atoms with Crippen LogP contribution in [-0.4, -0.2) is 58.0 Å². The summed E-state index contributed by atoms with van der Waals surface area (Å²) >= 11 is 0. The van der Waals surface area contributed by atoms with Crippen molar-refractivity contribution in [3.05, 3.63) is 114 Å². The third-order valence-corrected chi connectivity index (χ3v) is 6.41. The molecule has 42 heavy (non-hydrogen) atoms. The van der Waals surface area contributed by atoms with Crippen LogP contribution in [0.3, 0.4) is 0 Å². The quantitative estimate of drug-likeness (QED) is 0.169. The average Bonchev–Trinajstić information content (AvgIpc) is 3.43. The Morgan fingerprint density at radius 3 is 2.62 bits per heavy atom. The molecule has 5 rings (SSSR count). The highest BCUT2D eigenvalue weighted by Gasteiger charge is 2.17. The third-order valence-electron chi connectivity index (χ3n) is 6.41. The van der Waals surface area contributed by atoms with Crippen molar-refractivity contribution in [1.82, 2.24) is 24.8 Å². The van der Waals surface area contributed by atoms with Crippen molar-refractivity contribution in [2.75, 3.05) is 37.9 Å². The standard InChI is InChI=1S/C32H32FN7O2/c1-40(2)17-7-12-28(41)36-26-15-13-24(14-16-26)30-38-29-31(34-21-35-32(29)39-30)37-27(23-9-4-3-5-10-23)20-42-19-22-8-6-11-25(33)18-22/h3-16,18,21,27H,17,19-20H2,1-2H3,(H,36,41)(H2,34,35,37,38,39)/t27-/m1/s1. The number of likely N-dealkylation sites (N-methyl/N-ethyl adjacent to an activating group) is 1. The molecule has 1 atom stereocenters. The van der Waals surface area contributed by atoms with Gasteiger partial charge in [0.1, 0.15) is 23.5 Å². The fourth-order valence-corrected chi connectivity index (χ4v) is 4.33. The first-order chi connectivity index (χ1) is 20.4. The number of carbonyl (C=O) groups is 1. The van der Waals surface area contributed by atoms with Crippen molar-refractivity contribution in [3.63, 3.8) is 0 Å². The van der Waals surface area contributed by atoms with Crippen molar-refractivity contribution in [2.45, 2.75) is 12.6 Å². The number of H-pyrrole nitrogens is 1. The molecule has 2 aromatic heterocycles. The Morgan fingerprint density at radius 2 is 1.86 bits per heavy atom. The number of fused-ring (bicyclic) bond motifs is 1. The number of ether oxygens (including phenoxy) is 1. The van der Waals surface area contributed by atoms with Crippen molar-refractivity contribution < 1.29 is 13.9 Å². The summed E-state index contributed by atoms with van der Waals surface area (Å²) in [5.41, 5.74) is 4.45. The summed E-state index contributed by atoms with van der Waals surface area (Å²) in [6.07, 6.45) is 4.80. The van der Waals surface area contributed by atoms with Crippen molar-refractivity contribution in [3.8, 4) is 11.4 Å². The first-order valence-corrected chi connectivity index (χ1v) is 13.5. The number of nitrogens with zero attached hydrogens (tertiary/aromatic N) is 4. The number of benzene rings is 3. The number of aromatic amines is 1. The molecule has 0 saturated heterocycles. The summed E-state index contributed by atoms with van der Waals surface area (Å²) in [6, 6.07) is 23.5. The van der Waals surface area contributed by atoms with Gasteiger partial charge < -0.3 is 25.3 Å². The van der Waals surface area contributed by atoms with E-state index in [4.69, 9.17) is 4.74 Å². The zero-order chi connectivity index (χ0) is 29.3. The average molecular weight is 566 g/mol.